The molecule has 1 aromatic carbocycles. The molecule has 8 nitrogen and oxygen atoms in total. The van der Waals surface area contributed by atoms with Crippen LogP contribution in [0, 0.1) is 11.6 Å². The van der Waals surface area contributed by atoms with Crippen molar-refractivity contribution in [2.45, 2.75) is 6.92 Å². The third-order valence-corrected chi connectivity index (χ3v) is 6.57. The van der Waals surface area contributed by atoms with Crippen LogP contribution < -0.4 is 15.5 Å². The Morgan fingerprint density at radius 2 is 2.00 bits per heavy atom. The highest BCUT2D eigenvalue weighted by Crippen LogP contribution is 2.41. The third-order valence-electron chi connectivity index (χ3n) is 5.57. The number of amides is 2. The Labute approximate surface area is 204 Å². The number of fused-ring (bicyclic) bond motifs is 1. The maximum absolute atomic E-state index is 15.8. The number of thiazole rings is 1. The molecule has 1 aliphatic rings. The number of rotatable bonds is 5. The molecule has 0 atom stereocenters. The molecule has 0 spiro atoms. The Bertz CT molecular complexity index is 1370. The molecule has 4 aromatic rings. The second kappa shape index (κ2) is 9.88. The van der Waals surface area contributed by atoms with Crippen LogP contribution in [0.1, 0.15) is 6.92 Å². The molecule has 2 amide bonds. The van der Waals surface area contributed by atoms with Crippen molar-refractivity contribution in [2.75, 3.05) is 43.1 Å². The van der Waals surface area contributed by atoms with Crippen molar-refractivity contribution >= 4 is 38.5 Å². The number of carbonyl (C=O) groups excluding carboxylic acids is 1. The zero-order chi connectivity index (χ0) is 24.4. The molecule has 0 radical (unpaired) electrons. The molecule has 0 saturated carbocycles. The van der Waals surface area contributed by atoms with E-state index in [1.807, 2.05) is 6.07 Å². The standard InChI is InChI=1S/C24H22F2N6O2S/c1-2-27-23(33)31-24-30-21-19(26)15(12-16(22(21)35-24)20-17(25)4-3-7-28-20)14-5-6-18(29-13-14)32-8-10-34-11-9-32/h3-7,12-13H,2,8-11H2,1H3,(H2,27,30,31,33). The number of pyridine rings is 2. The van der Waals surface area contributed by atoms with Crippen LogP contribution in [-0.2, 0) is 4.74 Å². The summed E-state index contributed by atoms with van der Waals surface area (Å²) in [6, 6.07) is 7.49. The third kappa shape index (κ3) is 4.64. The predicted molar refractivity (Wildman–Crippen MR) is 132 cm³/mol. The average molecular weight is 497 g/mol. The second-order valence-electron chi connectivity index (χ2n) is 7.81. The number of aromatic nitrogens is 3. The average Bonchev–Trinajstić information content (AvgIpc) is 3.30. The van der Waals surface area contributed by atoms with E-state index in [1.165, 1.54) is 18.3 Å². The van der Waals surface area contributed by atoms with Gasteiger partial charge < -0.3 is 15.0 Å². The van der Waals surface area contributed by atoms with E-state index in [4.69, 9.17) is 4.74 Å². The maximum Gasteiger partial charge on any atom is 0.321 e. The van der Waals surface area contributed by atoms with E-state index in [0.29, 0.717) is 35.6 Å². The molecule has 3 aromatic heterocycles. The van der Waals surface area contributed by atoms with Gasteiger partial charge >= 0.3 is 6.03 Å². The highest BCUT2D eigenvalue weighted by atomic mass is 32.1. The summed E-state index contributed by atoms with van der Waals surface area (Å²) in [4.78, 5) is 27.1. The molecule has 1 fully saturated rings. The van der Waals surface area contributed by atoms with E-state index in [9.17, 15) is 9.18 Å². The van der Waals surface area contributed by atoms with Crippen LogP contribution in [0.5, 0.6) is 0 Å². The van der Waals surface area contributed by atoms with E-state index in [1.54, 1.807) is 25.3 Å². The van der Waals surface area contributed by atoms with E-state index in [2.05, 4.69) is 30.5 Å². The van der Waals surface area contributed by atoms with Crippen molar-refractivity contribution in [1.82, 2.24) is 20.3 Å². The molecule has 1 aliphatic heterocycles. The number of anilines is 2. The highest BCUT2D eigenvalue weighted by molar-refractivity contribution is 7.22. The number of hydrogen-bond acceptors (Lipinski definition) is 7. The number of benzene rings is 1. The molecule has 35 heavy (non-hydrogen) atoms. The highest BCUT2D eigenvalue weighted by Gasteiger charge is 2.22. The Balaban J connectivity index is 1.61. The lowest BCUT2D eigenvalue weighted by atomic mass is 10.0. The van der Waals surface area contributed by atoms with Gasteiger partial charge in [0.05, 0.1) is 17.9 Å². The number of carbonyl (C=O) groups is 1. The lowest BCUT2D eigenvalue weighted by Gasteiger charge is -2.27. The number of halogens is 2. The van der Waals surface area contributed by atoms with Crippen molar-refractivity contribution in [1.29, 1.82) is 0 Å². The summed E-state index contributed by atoms with van der Waals surface area (Å²) in [5.41, 5.74) is 1.22. The minimum Gasteiger partial charge on any atom is -0.378 e. The monoisotopic (exact) mass is 496 g/mol. The minimum atomic E-state index is -0.582. The van der Waals surface area contributed by atoms with Crippen molar-refractivity contribution in [3.05, 3.63) is 54.4 Å². The molecule has 0 unspecified atom stereocenters. The molecule has 1 saturated heterocycles. The van der Waals surface area contributed by atoms with Crippen molar-refractivity contribution < 1.29 is 18.3 Å². The predicted octanol–water partition coefficient (Wildman–Crippen LogP) is 4.68. The first-order valence-electron chi connectivity index (χ1n) is 11.1. The largest absolute Gasteiger partial charge is 0.378 e. The van der Waals surface area contributed by atoms with Gasteiger partial charge in [-0.25, -0.2) is 23.5 Å². The number of morpholine rings is 1. The van der Waals surface area contributed by atoms with Gasteiger partial charge in [0.2, 0.25) is 0 Å². The Hall–Kier alpha value is -3.70. The summed E-state index contributed by atoms with van der Waals surface area (Å²) < 4.78 is 36.3. The van der Waals surface area contributed by atoms with Gasteiger partial charge in [-0.05, 0) is 37.3 Å². The van der Waals surface area contributed by atoms with Gasteiger partial charge in [-0.15, -0.1) is 0 Å². The molecular formula is C24H22F2N6O2S. The van der Waals surface area contributed by atoms with Crippen LogP contribution in [-0.4, -0.2) is 53.8 Å². The SMILES string of the molecule is CCNC(=O)Nc1nc2c(F)c(-c3ccc(N4CCOCC4)nc3)cc(-c3ncccc3F)c2s1. The molecule has 5 rings (SSSR count). The van der Waals surface area contributed by atoms with Crippen molar-refractivity contribution in [3.8, 4) is 22.4 Å². The number of nitrogens with one attached hydrogen (secondary N) is 2. The van der Waals surface area contributed by atoms with Crippen LogP contribution in [0.3, 0.4) is 0 Å². The van der Waals surface area contributed by atoms with Crippen molar-refractivity contribution in [3.63, 3.8) is 0 Å². The summed E-state index contributed by atoms with van der Waals surface area (Å²) in [5, 5.41) is 5.41. The topological polar surface area (TPSA) is 92.3 Å². The van der Waals surface area contributed by atoms with Gasteiger partial charge in [0.15, 0.2) is 10.9 Å². The molecular weight excluding hydrogens is 474 g/mol. The smallest absolute Gasteiger partial charge is 0.321 e. The maximum atomic E-state index is 15.8. The molecule has 4 heterocycles. The summed E-state index contributed by atoms with van der Waals surface area (Å²) >= 11 is 1.06. The van der Waals surface area contributed by atoms with E-state index < -0.39 is 17.7 Å². The van der Waals surface area contributed by atoms with Crippen LogP contribution >= 0.6 is 11.3 Å². The minimum absolute atomic E-state index is 0.0246. The van der Waals surface area contributed by atoms with Crippen LogP contribution in [0.25, 0.3) is 32.6 Å². The van der Waals surface area contributed by atoms with Gasteiger partial charge in [0.25, 0.3) is 0 Å². The number of nitrogens with zero attached hydrogens (tertiary/aromatic N) is 4. The number of ether oxygens (including phenoxy) is 1. The molecule has 180 valence electrons. The summed E-state index contributed by atoms with van der Waals surface area (Å²) in [5.74, 6) is -0.350. The van der Waals surface area contributed by atoms with E-state index in [-0.39, 0.29) is 21.9 Å². The lowest BCUT2D eigenvalue weighted by Crippen LogP contribution is -2.36. The zero-order valence-corrected chi connectivity index (χ0v) is 19.7. The van der Waals surface area contributed by atoms with Crippen LogP contribution in [0.2, 0.25) is 0 Å². The van der Waals surface area contributed by atoms with Gasteiger partial charge in [0, 0.05) is 48.7 Å². The first kappa shape index (κ1) is 23.1. The molecule has 0 bridgehead atoms. The van der Waals surface area contributed by atoms with Gasteiger partial charge in [-0.3, -0.25) is 10.3 Å². The van der Waals surface area contributed by atoms with Gasteiger partial charge in [-0.2, -0.15) is 0 Å². The fraction of sp³-hybridized carbons (Fsp3) is 0.250. The Morgan fingerprint density at radius 1 is 1.17 bits per heavy atom. The van der Waals surface area contributed by atoms with Crippen LogP contribution in [0.4, 0.5) is 24.5 Å². The normalized spacial score (nSPS) is 13.7. The zero-order valence-electron chi connectivity index (χ0n) is 18.8. The van der Waals surface area contributed by atoms with Gasteiger partial charge in [0.1, 0.15) is 22.8 Å². The van der Waals surface area contributed by atoms with Crippen molar-refractivity contribution in [2.24, 2.45) is 0 Å². The molecule has 11 heteroatoms. The van der Waals surface area contributed by atoms with Crippen LogP contribution in [0.15, 0.2) is 42.7 Å². The summed E-state index contributed by atoms with van der Waals surface area (Å²) in [7, 11) is 0. The van der Waals surface area contributed by atoms with Gasteiger partial charge in [-0.1, -0.05) is 11.3 Å². The summed E-state index contributed by atoms with van der Waals surface area (Å²) in [6.07, 6.45) is 3.06. The first-order chi connectivity index (χ1) is 17.0. The van der Waals surface area contributed by atoms with E-state index in [0.717, 1.165) is 30.2 Å². The first-order valence-corrected chi connectivity index (χ1v) is 11.9. The van der Waals surface area contributed by atoms with E-state index >= 15 is 4.39 Å². The fourth-order valence-electron chi connectivity index (χ4n) is 3.90. The quantitative estimate of drug-likeness (QED) is 0.417. The fourth-order valence-corrected chi connectivity index (χ4v) is 4.87. The summed E-state index contributed by atoms with van der Waals surface area (Å²) in [6.45, 7) is 4.93. The number of urea groups is 1. The molecule has 2 N–H and O–H groups in total. The molecule has 0 aliphatic carbocycles. The lowest BCUT2D eigenvalue weighted by molar-refractivity contribution is 0.122. The Kier molecular flexibility index (Phi) is 6.51. The second-order valence-corrected chi connectivity index (χ2v) is 8.80. The number of hydrogen-bond donors (Lipinski definition) is 2. The Morgan fingerprint density at radius 3 is 2.71 bits per heavy atom.